The Labute approximate surface area is 190 Å². The Morgan fingerprint density at radius 1 is 1.12 bits per heavy atom. The molecular weight excluding hydrogens is 420 g/mol. The second kappa shape index (κ2) is 8.27. The van der Waals surface area contributed by atoms with E-state index in [1.165, 1.54) is 6.07 Å². The number of nitrogens with zero attached hydrogens (tertiary/aromatic N) is 3. The number of nitrogens with one attached hydrogen (secondary N) is 1. The van der Waals surface area contributed by atoms with Gasteiger partial charge in [0.2, 0.25) is 5.91 Å². The van der Waals surface area contributed by atoms with Crippen LogP contribution in [-0.4, -0.2) is 33.3 Å². The lowest BCUT2D eigenvalue weighted by atomic mass is 10.1. The third-order valence-electron chi connectivity index (χ3n) is 6.10. The van der Waals surface area contributed by atoms with Gasteiger partial charge in [-0.05, 0) is 50.1 Å². The maximum absolute atomic E-state index is 13.5. The van der Waals surface area contributed by atoms with Gasteiger partial charge in [-0.3, -0.25) is 14.3 Å². The summed E-state index contributed by atoms with van der Waals surface area (Å²) in [5.41, 5.74) is 2.79. The molecule has 4 aromatic rings. The lowest BCUT2D eigenvalue weighted by Crippen LogP contribution is -2.35. The molecule has 5 rings (SSSR count). The highest BCUT2D eigenvalue weighted by atomic mass is 16.6. The first-order chi connectivity index (χ1) is 16.0. The quantitative estimate of drug-likeness (QED) is 0.507. The van der Waals surface area contributed by atoms with E-state index in [-0.39, 0.29) is 17.5 Å². The van der Waals surface area contributed by atoms with Gasteiger partial charge in [-0.1, -0.05) is 25.1 Å². The van der Waals surface area contributed by atoms with Gasteiger partial charge in [0, 0.05) is 17.1 Å². The highest BCUT2D eigenvalue weighted by Gasteiger charge is 2.26. The van der Waals surface area contributed by atoms with Crippen LogP contribution < -0.4 is 20.3 Å². The topological polar surface area (TPSA) is 86.9 Å². The number of carbonyl (C=O) groups is 1. The first-order valence-electron chi connectivity index (χ1n) is 11.2. The number of aryl methyl sites for hydroxylation is 1. The molecule has 0 saturated heterocycles. The summed E-state index contributed by atoms with van der Waals surface area (Å²) in [7, 11) is 0. The van der Waals surface area contributed by atoms with E-state index in [4.69, 9.17) is 9.47 Å². The van der Waals surface area contributed by atoms with Crippen molar-refractivity contribution in [2.75, 3.05) is 13.2 Å². The fourth-order valence-corrected chi connectivity index (χ4v) is 4.51. The number of hydrogen-bond donors (Lipinski definition) is 1. The Balaban J connectivity index is 1.52. The van der Waals surface area contributed by atoms with Crippen molar-refractivity contribution in [3.63, 3.8) is 0 Å². The predicted octanol–water partition coefficient (Wildman–Crippen LogP) is 3.56. The minimum absolute atomic E-state index is 0.111. The van der Waals surface area contributed by atoms with Crippen molar-refractivity contribution in [3.05, 3.63) is 70.1 Å². The van der Waals surface area contributed by atoms with Crippen LogP contribution in [0.2, 0.25) is 0 Å². The minimum Gasteiger partial charge on any atom is -0.486 e. The average molecular weight is 447 g/mol. The zero-order chi connectivity index (χ0) is 23.1. The third-order valence-corrected chi connectivity index (χ3v) is 6.10. The zero-order valence-corrected chi connectivity index (χ0v) is 18.9. The standard InChI is InChI=1S/C25H26N4O4/c1-4-19(25(31)26-16(3)17-9-10-21-22(14-17)33-12-11-32-21)29-20-8-6-5-7-18(20)24-27-23(30)13-15(2)28(24)29/h5-10,13-14,16,19H,4,11-12H2,1-3H3,(H,26,31)/t16-,19+/m0/s1. The number of rotatable bonds is 5. The molecule has 0 bridgehead atoms. The van der Waals surface area contributed by atoms with Gasteiger partial charge in [0.1, 0.15) is 19.3 Å². The molecule has 1 aliphatic rings. The molecule has 1 N–H and O–H groups in total. The maximum Gasteiger partial charge on any atom is 0.273 e. The second-order valence-corrected chi connectivity index (χ2v) is 8.29. The summed E-state index contributed by atoms with van der Waals surface area (Å²) in [5, 5.41) is 3.99. The third kappa shape index (κ3) is 3.61. The number of amides is 1. The Morgan fingerprint density at radius 3 is 2.67 bits per heavy atom. The van der Waals surface area contributed by atoms with E-state index in [0.29, 0.717) is 31.0 Å². The summed E-state index contributed by atoms with van der Waals surface area (Å²) in [4.78, 5) is 29.9. The van der Waals surface area contributed by atoms with Crippen LogP contribution in [0.4, 0.5) is 0 Å². The van der Waals surface area contributed by atoms with E-state index in [9.17, 15) is 9.59 Å². The van der Waals surface area contributed by atoms with Crippen LogP contribution in [0.1, 0.15) is 43.6 Å². The molecule has 8 nitrogen and oxygen atoms in total. The lowest BCUT2D eigenvalue weighted by Gasteiger charge is -2.24. The average Bonchev–Trinajstić information content (AvgIpc) is 3.14. The van der Waals surface area contributed by atoms with Crippen molar-refractivity contribution in [1.82, 2.24) is 19.5 Å². The SMILES string of the molecule is CC[C@H](C(=O)N[C@@H](C)c1ccc2c(c1)OCCO2)n1c2ccccc2c2nc(=O)cc(C)n21. The van der Waals surface area contributed by atoms with Crippen molar-refractivity contribution in [3.8, 4) is 11.5 Å². The van der Waals surface area contributed by atoms with Gasteiger partial charge in [-0.2, -0.15) is 4.98 Å². The molecule has 0 spiro atoms. The van der Waals surface area contributed by atoms with E-state index in [2.05, 4.69) is 10.3 Å². The molecule has 1 amide bonds. The number of aromatic nitrogens is 3. The van der Waals surface area contributed by atoms with Crippen LogP contribution in [0.15, 0.2) is 53.3 Å². The number of para-hydroxylation sites is 1. The molecule has 2 aromatic heterocycles. The van der Waals surface area contributed by atoms with Crippen molar-refractivity contribution in [2.24, 2.45) is 0 Å². The Morgan fingerprint density at radius 2 is 1.88 bits per heavy atom. The fourth-order valence-electron chi connectivity index (χ4n) is 4.51. The zero-order valence-electron chi connectivity index (χ0n) is 18.9. The van der Waals surface area contributed by atoms with Gasteiger partial charge in [0.05, 0.1) is 11.6 Å². The Kier molecular flexibility index (Phi) is 5.28. The molecule has 2 atom stereocenters. The highest BCUT2D eigenvalue weighted by Crippen LogP contribution is 2.33. The summed E-state index contributed by atoms with van der Waals surface area (Å²) in [5.74, 6) is 1.30. The summed E-state index contributed by atoms with van der Waals surface area (Å²) in [6, 6.07) is 14.2. The van der Waals surface area contributed by atoms with Crippen LogP contribution in [0.5, 0.6) is 11.5 Å². The number of carbonyl (C=O) groups excluding carboxylic acids is 1. The van der Waals surface area contributed by atoms with Crippen molar-refractivity contribution >= 4 is 22.5 Å². The normalized spacial score (nSPS) is 14.9. The van der Waals surface area contributed by atoms with Crippen molar-refractivity contribution in [2.45, 2.75) is 39.3 Å². The van der Waals surface area contributed by atoms with Crippen LogP contribution in [-0.2, 0) is 4.79 Å². The summed E-state index contributed by atoms with van der Waals surface area (Å²) in [6.45, 7) is 6.83. The molecule has 1 aliphatic heterocycles. The van der Waals surface area contributed by atoms with Crippen LogP contribution >= 0.6 is 0 Å². The number of benzene rings is 2. The molecule has 0 radical (unpaired) electrons. The largest absolute Gasteiger partial charge is 0.486 e. The van der Waals surface area contributed by atoms with Crippen molar-refractivity contribution < 1.29 is 14.3 Å². The smallest absolute Gasteiger partial charge is 0.273 e. The van der Waals surface area contributed by atoms with E-state index >= 15 is 0 Å². The molecule has 0 fully saturated rings. The first-order valence-corrected chi connectivity index (χ1v) is 11.2. The highest BCUT2D eigenvalue weighted by molar-refractivity contribution is 5.94. The number of ether oxygens (including phenoxy) is 2. The van der Waals surface area contributed by atoms with Gasteiger partial charge in [-0.25, -0.2) is 4.52 Å². The summed E-state index contributed by atoms with van der Waals surface area (Å²) >= 11 is 0. The lowest BCUT2D eigenvalue weighted by molar-refractivity contribution is -0.125. The molecule has 3 heterocycles. The predicted molar refractivity (Wildman–Crippen MR) is 125 cm³/mol. The maximum atomic E-state index is 13.5. The summed E-state index contributed by atoms with van der Waals surface area (Å²) < 4.78 is 15.1. The molecule has 2 aromatic carbocycles. The number of hydrogen-bond acceptors (Lipinski definition) is 5. The molecule has 0 aliphatic carbocycles. The van der Waals surface area contributed by atoms with Gasteiger partial charge in [0.15, 0.2) is 17.1 Å². The van der Waals surface area contributed by atoms with Crippen molar-refractivity contribution in [1.29, 1.82) is 0 Å². The first kappa shape index (κ1) is 21.1. The number of fused-ring (bicyclic) bond motifs is 4. The monoisotopic (exact) mass is 446 g/mol. The molecule has 170 valence electrons. The second-order valence-electron chi connectivity index (χ2n) is 8.29. The fraction of sp³-hybridized carbons (Fsp3) is 0.320. The molecule has 0 saturated carbocycles. The van der Waals surface area contributed by atoms with Gasteiger partial charge >= 0.3 is 0 Å². The van der Waals surface area contributed by atoms with Gasteiger partial charge < -0.3 is 14.8 Å². The van der Waals surface area contributed by atoms with E-state index in [1.807, 2.05) is 72.4 Å². The minimum atomic E-state index is -0.491. The van der Waals surface area contributed by atoms with Gasteiger partial charge in [-0.15, -0.1) is 0 Å². The van der Waals surface area contributed by atoms with E-state index in [0.717, 1.165) is 27.9 Å². The van der Waals surface area contributed by atoms with Crippen LogP contribution in [0.3, 0.4) is 0 Å². The Hall–Kier alpha value is -3.81. The van der Waals surface area contributed by atoms with Crippen LogP contribution in [0.25, 0.3) is 16.6 Å². The summed E-state index contributed by atoms with van der Waals surface area (Å²) in [6.07, 6.45) is 0.568. The van der Waals surface area contributed by atoms with Gasteiger partial charge in [0.25, 0.3) is 5.56 Å². The van der Waals surface area contributed by atoms with Crippen LogP contribution in [0, 0.1) is 6.92 Å². The molecular formula is C25H26N4O4. The van der Waals surface area contributed by atoms with E-state index < -0.39 is 6.04 Å². The molecule has 33 heavy (non-hydrogen) atoms. The Bertz CT molecular complexity index is 1420. The molecule has 8 heteroatoms. The molecule has 0 unspecified atom stereocenters. The van der Waals surface area contributed by atoms with E-state index in [1.54, 1.807) is 0 Å².